The number of carbonyl (C=O) groups excluding carboxylic acids is 2. The Labute approximate surface area is 227 Å². The minimum absolute atomic E-state index is 0.0902. The molecule has 1 aromatic heterocycles. The Bertz CT molecular complexity index is 1330. The van der Waals surface area contributed by atoms with Gasteiger partial charge in [-0.05, 0) is 70.0 Å². The molecule has 0 aliphatic carbocycles. The summed E-state index contributed by atoms with van der Waals surface area (Å²) in [5, 5.41) is 15.1. The summed E-state index contributed by atoms with van der Waals surface area (Å²) in [6.45, 7) is 11.6. The number of benzene rings is 2. The van der Waals surface area contributed by atoms with Crippen LogP contribution in [-0.2, 0) is 13.7 Å². The number of hydrogen-bond donors (Lipinski definition) is 3. The molecule has 0 spiro atoms. The number of fused-ring (bicyclic) bond motifs is 3. The molecule has 0 unspecified atom stereocenters. The van der Waals surface area contributed by atoms with Crippen LogP contribution in [0.1, 0.15) is 66.3 Å². The number of imidazole rings is 1. The van der Waals surface area contributed by atoms with Gasteiger partial charge in [-0.15, -0.1) is 0 Å². The van der Waals surface area contributed by atoms with Crippen molar-refractivity contribution in [3.05, 3.63) is 36.2 Å². The van der Waals surface area contributed by atoms with Crippen LogP contribution in [0.25, 0.3) is 21.8 Å². The van der Waals surface area contributed by atoms with Gasteiger partial charge in [0.15, 0.2) is 0 Å². The summed E-state index contributed by atoms with van der Waals surface area (Å²) in [5.74, 6) is 0.522. The molecule has 2 atom stereocenters. The summed E-state index contributed by atoms with van der Waals surface area (Å²) in [5.41, 5.74) is 0.0205. The molecular weight excluding hydrogens is 504 g/mol. The van der Waals surface area contributed by atoms with E-state index in [1.54, 1.807) is 13.8 Å². The van der Waals surface area contributed by atoms with Crippen molar-refractivity contribution in [1.82, 2.24) is 20.2 Å². The Kier molecular flexibility index (Phi) is 7.97. The Balaban J connectivity index is 1.59. The number of methoxy groups -OCH3 is 1. The largest absolute Gasteiger partial charge is 0.453 e. The number of likely N-dealkylation sites (tertiary alicyclic amines) is 1. The van der Waals surface area contributed by atoms with Crippen LogP contribution in [-0.4, -0.2) is 62.9 Å². The van der Waals surface area contributed by atoms with Crippen molar-refractivity contribution >= 4 is 45.8 Å². The zero-order chi connectivity index (χ0) is 27.8. The number of hydrogen-bond acceptors (Lipinski definition) is 7. The van der Waals surface area contributed by atoms with Crippen molar-refractivity contribution < 1.29 is 23.6 Å². The van der Waals surface area contributed by atoms with E-state index in [2.05, 4.69) is 10.3 Å². The van der Waals surface area contributed by atoms with E-state index in [0.717, 1.165) is 45.4 Å². The zero-order valence-corrected chi connectivity index (χ0v) is 23.9. The maximum Gasteiger partial charge on any atom is 0.407 e. The number of nitrogens with zero attached hydrogens (tertiary/aromatic N) is 2. The normalized spacial score (nSPS) is 17.4. The first-order chi connectivity index (χ1) is 17.8. The fraction of sp³-hybridized carbons (Fsp3) is 0.536. The maximum atomic E-state index is 13.5. The lowest BCUT2D eigenvalue weighted by atomic mass is 9.90. The molecule has 0 radical (unpaired) electrons. The second-order valence-corrected chi connectivity index (χ2v) is 12.1. The van der Waals surface area contributed by atoms with Crippen LogP contribution in [0.3, 0.4) is 0 Å². The Morgan fingerprint density at radius 1 is 1.21 bits per heavy atom. The number of nitrogens with one attached hydrogen (secondary N) is 2. The lowest BCUT2D eigenvalue weighted by Crippen LogP contribution is -2.51. The smallest absolute Gasteiger partial charge is 0.407 e. The summed E-state index contributed by atoms with van der Waals surface area (Å²) in [4.78, 5) is 36.4. The third-order valence-electron chi connectivity index (χ3n) is 7.52. The Morgan fingerprint density at radius 2 is 1.95 bits per heavy atom. The van der Waals surface area contributed by atoms with Crippen LogP contribution >= 0.6 is 12.0 Å². The van der Waals surface area contributed by atoms with Gasteiger partial charge in [-0.25, -0.2) is 9.78 Å². The number of rotatable bonds is 8. The molecule has 2 aromatic carbocycles. The monoisotopic (exact) mass is 542 g/mol. The number of carbonyl (C=O) groups is 2. The number of aliphatic hydroxyl groups is 1. The van der Waals surface area contributed by atoms with Crippen molar-refractivity contribution in [2.24, 2.45) is 5.92 Å². The lowest BCUT2D eigenvalue weighted by Gasteiger charge is -2.35. The predicted molar refractivity (Wildman–Crippen MR) is 149 cm³/mol. The fourth-order valence-electron chi connectivity index (χ4n) is 4.46. The molecule has 2 amide bonds. The van der Waals surface area contributed by atoms with Gasteiger partial charge in [-0.3, -0.25) is 4.79 Å². The third-order valence-corrected chi connectivity index (χ3v) is 8.47. The van der Waals surface area contributed by atoms with Crippen LogP contribution < -0.4 is 5.32 Å². The van der Waals surface area contributed by atoms with E-state index < -0.39 is 23.3 Å². The summed E-state index contributed by atoms with van der Waals surface area (Å²) < 4.78 is 10.7. The van der Waals surface area contributed by atoms with E-state index in [0.29, 0.717) is 6.54 Å². The van der Waals surface area contributed by atoms with E-state index in [-0.39, 0.29) is 17.9 Å². The van der Waals surface area contributed by atoms with Crippen molar-refractivity contribution in [3.63, 3.8) is 0 Å². The molecule has 10 heteroatoms. The van der Waals surface area contributed by atoms with E-state index in [4.69, 9.17) is 13.9 Å². The highest BCUT2D eigenvalue weighted by Gasteiger charge is 2.38. The topological polar surface area (TPSA) is 117 Å². The zero-order valence-electron chi connectivity index (χ0n) is 23.1. The van der Waals surface area contributed by atoms with E-state index in [1.807, 2.05) is 62.9 Å². The van der Waals surface area contributed by atoms with Crippen molar-refractivity contribution in [2.75, 3.05) is 13.7 Å². The number of amides is 2. The first-order valence-corrected chi connectivity index (χ1v) is 13.7. The van der Waals surface area contributed by atoms with Crippen LogP contribution in [0.4, 0.5) is 4.79 Å². The Morgan fingerprint density at radius 3 is 2.61 bits per heavy atom. The van der Waals surface area contributed by atoms with E-state index in [1.165, 1.54) is 19.2 Å². The van der Waals surface area contributed by atoms with Gasteiger partial charge in [-0.1, -0.05) is 26.0 Å². The second-order valence-electron chi connectivity index (χ2n) is 11.2. The average Bonchev–Trinajstić information content (AvgIpc) is 3.51. The number of aromatic nitrogens is 2. The van der Waals surface area contributed by atoms with Gasteiger partial charge >= 0.3 is 6.09 Å². The summed E-state index contributed by atoms with van der Waals surface area (Å²) >= 11 is 1.24. The van der Waals surface area contributed by atoms with Gasteiger partial charge in [0, 0.05) is 28.9 Å². The number of aromatic amines is 1. The average molecular weight is 543 g/mol. The molecule has 1 aliphatic rings. The van der Waals surface area contributed by atoms with Crippen LogP contribution in [0, 0.1) is 5.92 Å². The molecule has 3 aromatic rings. The summed E-state index contributed by atoms with van der Waals surface area (Å²) in [6.07, 6.45) is 1.04. The lowest BCUT2D eigenvalue weighted by molar-refractivity contribution is -0.135. The Hall–Kier alpha value is -2.82. The van der Waals surface area contributed by atoms with Crippen molar-refractivity contribution in [3.8, 4) is 0 Å². The predicted octanol–water partition coefficient (Wildman–Crippen LogP) is 5.33. The molecule has 0 bridgehead atoms. The standard InChI is InChI=1S/C28H38N4O5S/c1-16(2)22(31-26(34)36-7)25(33)32-14-8-9-21(32)24-29-20-13-10-17-15-18(11-12-19(17)23(20)30-24)38-37-28(5,6)27(3,4)35/h10-13,15-16,21-22,35H,8-9,14H2,1-7H3,(H,29,30)(H,31,34)/t21-,22-/m0/s1. The molecule has 1 aliphatic heterocycles. The van der Waals surface area contributed by atoms with Gasteiger partial charge in [0.1, 0.15) is 17.5 Å². The minimum Gasteiger partial charge on any atom is -0.453 e. The van der Waals surface area contributed by atoms with Gasteiger partial charge < -0.3 is 29.2 Å². The molecule has 206 valence electrons. The molecule has 3 N–H and O–H groups in total. The highest BCUT2D eigenvalue weighted by Crippen LogP contribution is 2.37. The number of H-pyrrole nitrogens is 1. The maximum absolute atomic E-state index is 13.5. The number of ether oxygens (including phenoxy) is 1. The first-order valence-electron chi connectivity index (χ1n) is 13.0. The molecule has 1 saturated heterocycles. The molecule has 38 heavy (non-hydrogen) atoms. The highest BCUT2D eigenvalue weighted by atomic mass is 32.2. The van der Waals surface area contributed by atoms with Crippen LogP contribution in [0.5, 0.6) is 0 Å². The van der Waals surface area contributed by atoms with Gasteiger partial charge in [0.05, 0.1) is 29.8 Å². The van der Waals surface area contributed by atoms with Crippen molar-refractivity contribution in [1.29, 1.82) is 0 Å². The van der Waals surface area contributed by atoms with Crippen LogP contribution in [0.15, 0.2) is 35.2 Å². The first kappa shape index (κ1) is 28.2. The molecule has 4 rings (SSSR count). The second kappa shape index (κ2) is 10.7. The van der Waals surface area contributed by atoms with Gasteiger partial charge in [0.25, 0.3) is 0 Å². The molecule has 1 fully saturated rings. The van der Waals surface area contributed by atoms with Gasteiger partial charge in [-0.2, -0.15) is 0 Å². The SMILES string of the molecule is COC(=O)N[C@H](C(=O)N1CCC[C@H]1c1nc2c(ccc3cc(SOC(C)(C)C(C)(C)O)ccc32)[nH]1)C(C)C. The van der Waals surface area contributed by atoms with E-state index >= 15 is 0 Å². The molecule has 9 nitrogen and oxygen atoms in total. The van der Waals surface area contributed by atoms with Crippen LogP contribution in [0.2, 0.25) is 0 Å². The fourth-order valence-corrected chi connectivity index (χ4v) is 5.26. The molecule has 2 heterocycles. The third kappa shape index (κ3) is 5.62. The van der Waals surface area contributed by atoms with Crippen molar-refractivity contribution in [2.45, 2.75) is 82.6 Å². The summed E-state index contributed by atoms with van der Waals surface area (Å²) in [7, 11) is 1.29. The molecular formula is C28H38N4O5S. The summed E-state index contributed by atoms with van der Waals surface area (Å²) in [6, 6.07) is 9.23. The highest BCUT2D eigenvalue weighted by molar-refractivity contribution is 7.94. The van der Waals surface area contributed by atoms with Gasteiger partial charge in [0.2, 0.25) is 5.91 Å². The quantitative estimate of drug-likeness (QED) is 0.329. The minimum atomic E-state index is -0.992. The molecule has 0 saturated carbocycles. The van der Waals surface area contributed by atoms with E-state index in [9.17, 15) is 14.7 Å². The number of alkyl carbamates (subject to hydrolysis) is 1.